The molecule has 0 aromatic carbocycles. The smallest absolute Gasteiger partial charge is 0.211 e. The van der Waals surface area contributed by atoms with Crippen molar-refractivity contribution in [3.63, 3.8) is 0 Å². The number of imidazole rings is 1. The van der Waals surface area contributed by atoms with Gasteiger partial charge in [0.1, 0.15) is 5.69 Å². The second kappa shape index (κ2) is 6.13. The quantitative estimate of drug-likeness (QED) is 0.910. The van der Waals surface area contributed by atoms with E-state index < -0.39 is 10.0 Å². The molecule has 3 heterocycles. The van der Waals surface area contributed by atoms with Crippen LogP contribution >= 0.6 is 0 Å². The maximum Gasteiger partial charge on any atom is 0.211 e. The molecule has 0 unspecified atom stereocenters. The highest BCUT2D eigenvalue weighted by Gasteiger charge is 2.25. The Morgan fingerprint density at radius 2 is 2.00 bits per heavy atom. The number of sulfonamides is 1. The maximum absolute atomic E-state index is 11.5. The molecule has 118 valence electrons. The van der Waals surface area contributed by atoms with Gasteiger partial charge >= 0.3 is 0 Å². The summed E-state index contributed by atoms with van der Waals surface area (Å²) in [4.78, 5) is 16.0. The molecule has 0 bridgehead atoms. The number of rotatable bonds is 4. The van der Waals surface area contributed by atoms with Crippen LogP contribution < -0.4 is 0 Å². The summed E-state index contributed by atoms with van der Waals surface area (Å²) in [5, 5.41) is 0. The number of hydrogen-bond donors (Lipinski definition) is 1. The summed E-state index contributed by atoms with van der Waals surface area (Å²) in [5.41, 5.74) is 1.66. The van der Waals surface area contributed by atoms with Gasteiger partial charge < -0.3 is 4.98 Å². The van der Waals surface area contributed by atoms with Crippen LogP contribution in [0.15, 0.2) is 24.8 Å². The van der Waals surface area contributed by atoms with Crippen LogP contribution in [-0.2, 0) is 16.4 Å². The van der Waals surface area contributed by atoms with Crippen molar-refractivity contribution in [2.75, 3.05) is 19.3 Å². The molecule has 1 aliphatic heterocycles. The Morgan fingerprint density at radius 3 is 2.55 bits per heavy atom. The third kappa shape index (κ3) is 3.50. The lowest BCUT2D eigenvalue weighted by Gasteiger charge is -2.29. The zero-order valence-corrected chi connectivity index (χ0v) is 13.3. The van der Waals surface area contributed by atoms with Crippen LogP contribution in [0.1, 0.15) is 18.5 Å². The van der Waals surface area contributed by atoms with Gasteiger partial charge in [0.2, 0.25) is 10.0 Å². The molecule has 7 nitrogen and oxygen atoms in total. The van der Waals surface area contributed by atoms with Gasteiger partial charge in [-0.3, -0.25) is 4.98 Å². The van der Waals surface area contributed by atoms with E-state index in [2.05, 4.69) is 19.9 Å². The van der Waals surface area contributed by atoms with Gasteiger partial charge in [-0.2, -0.15) is 0 Å². The first kappa shape index (κ1) is 15.1. The molecular formula is C14H19N5O2S. The Bertz CT molecular complexity index is 704. The van der Waals surface area contributed by atoms with E-state index in [9.17, 15) is 8.42 Å². The minimum Gasteiger partial charge on any atom is -0.343 e. The maximum atomic E-state index is 11.5. The van der Waals surface area contributed by atoms with E-state index in [1.807, 2.05) is 0 Å². The molecule has 0 radical (unpaired) electrons. The van der Waals surface area contributed by atoms with Crippen molar-refractivity contribution in [3.8, 4) is 11.5 Å². The Kier molecular flexibility index (Phi) is 4.21. The number of piperidine rings is 1. The third-order valence-corrected chi connectivity index (χ3v) is 5.29. The summed E-state index contributed by atoms with van der Waals surface area (Å²) >= 11 is 0. The molecule has 3 rings (SSSR count). The molecule has 0 atom stereocenters. The van der Waals surface area contributed by atoms with Gasteiger partial charge in [0.05, 0.1) is 18.1 Å². The molecule has 1 N–H and O–H groups in total. The predicted octanol–water partition coefficient (Wildman–Crippen LogP) is 1.08. The number of aromatic amines is 1. The van der Waals surface area contributed by atoms with E-state index >= 15 is 0 Å². The van der Waals surface area contributed by atoms with Gasteiger partial charge in [-0.25, -0.2) is 22.7 Å². The van der Waals surface area contributed by atoms with Gasteiger partial charge in [0, 0.05) is 31.7 Å². The fraction of sp³-hybridized carbons (Fsp3) is 0.500. The van der Waals surface area contributed by atoms with E-state index in [-0.39, 0.29) is 0 Å². The highest BCUT2D eigenvalue weighted by Crippen LogP contribution is 2.22. The molecule has 0 spiro atoms. The normalized spacial score (nSPS) is 17.7. The van der Waals surface area contributed by atoms with Crippen LogP contribution in [0.2, 0.25) is 0 Å². The molecule has 8 heteroatoms. The Morgan fingerprint density at radius 1 is 1.23 bits per heavy atom. The lowest BCUT2D eigenvalue weighted by atomic mass is 9.93. The fourth-order valence-corrected chi connectivity index (χ4v) is 3.60. The minimum absolute atomic E-state index is 0.460. The van der Waals surface area contributed by atoms with Crippen molar-refractivity contribution in [3.05, 3.63) is 30.5 Å². The van der Waals surface area contributed by atoms with Gasteiger partial charge in [0.15, 0.2) is 5.82 Å². The van der Waals surface area contributed by atoms with Gasteiger partial charge in [-0.15, -0.1) is 0 Å². The van der Waals surface area contributed by atoms with E-state index in [1.165, 1.54) is 6.26 Å². The Balaban J connectivity index is 1.58. The van der Waals surface area contributed by atoms with Crippen LogP contribution in [-0.4, -0.2) is 52.0 Å². The summed E-state index contributed by atoms with van der Waals surface area (Å²) in [7, 11) is -3.06. The second-order valence-corrected chi connectivity index (χ2v) is 7.62. The van der Waals surface area contributed by atoms with Crippen molar-refractivity contribution >= 4 is 10.0 Å². The average Bonchev–Trinajstić information content (AvgIpc) is 3.02. The molecular weight excluding hydrogens is 302 g/mol. The number of H-pyrrole nitrogens is 1. The monoisotopic (exact) mass is 321 g/mol. The van der Waals surface area contributed by atoms with Crippen molar-refractivity contribution < 1.29 is 8.42 Å². The van der Waals surface area contributed by atoms with Crippen LogP contribution in [0.25, 0.3) is 11.5 Å². The van der Waals surface area contributed by atoms with E-state index in [0.29, 0.717) is 24.8 Å². The first-order valence-electron chi connectivity index (χ1n) is 7.28. The summed E-state index contributed by atoms with van der Waals surface area (Å²) in [6, 6.07) is 0. The third-order valence-electron chi connectivity index (χ3n) is 3.99. The summed E-state index contributed by atoms with van der Waals surface area (Å²) in [5.74, 6) is 1.17. The largest absolute Gasteiger partial charge is 0.343 e. The minimum atomic E-state index is -3.06. The molecule has 0 saturated carbocycles. The molecule has 22 heavy (non-hydrogen) atoms. The highest BCUT2D eigenvalue weighted by atomic mass is 32.2. The summed E-state index contributed by atoms with van der Waals surface area (Å²) in [6.45, 7) is 1.20. The molecule has 0 aliphatic carbocycles. The zero-order chi connectivity index (χ0) is 15.6. The summed E-state index contributed by atoms with van der Waals surface area (Å²) < 4.78 is 24.5. The van der Waals surface area contributed by atoms with Crippen LogP contribution in [0.5, 0.6) is 0 Å². The van der Waals surface area contributed by atoms with E-state index in [1.54, 1.807) is 29.1 Å². The van der Waals surface area contributed by atoms with Crippen LogP contribution in [0, 0.1) is 5.92 Å². The SMILES string of the molecule is CS(=O)(=O)N1CCC(Cc2cnc(-c3ncc[nH]3)cn2)CC1. The molecule has 1 fully saturated rings. The van der Waals surface area contributed by atoms with Crippen molar-refractivity contribution in [2.45, 2.75) is 19.3 Å². The van der Waals surface area contributed by atoms with Crippen molar-refractivity contribution in [1.82, 2.24) is 24.2 Å². The Labute approximate surface area is 129 Å². The second-order valence-electron chi connectivity index (χ2n) is 5.64. The van der Waals surface area contributed by atoms with E-state index in [4.69, 9.17) is 0 Å². The first-order chi connectivity index (χ1) is 10.5. The van der Waals surface area contributed by atoms with Crippen molar-refractivity contribution in [1.29, 1.82) is 0 Å². The fourth-order valence-electron chi connectivity index (χ4n) is 2.73. The number of aromatic nitrogens is 4. The molecule has 1 saturated heterocycles. The molecule has 0 amide bonds. The lowest BCUT2D eigenvalue weighted by molar-refractivity contribution is 0.273. The lowest BCUT2D eigenvalue weighted by Crippen LogP contribution is -2.38. The molecule has 1 aliphatic rings. The molecule has 2 aromatic heterocycles. The molecule has 2 aromatic rings. The average molecular weight is 321 g/mol. The highest BCUT2D eigenvalue weighted by molar-refractivity contribution is 7.88. The number of nitrogens with one attached hydrogen (secondary N) is 1. The summed E-state index contributed by atoms with van der Waals surface area (Å²) in [6.07, 6.45) is 10.8. The van der Waals surface area contributed by atoms with Crippen LogP contribution in [0.4, 0.5) is 0 Å². The van der Waals surface area contributed by atoms with Gasteiger partial charge in [-0.1, -0.05) is 0 Å². The zero-order valence-electron chi connectivity index (χ0n) is 12.4. The first-order valence-corrected chi connectivity index (χ1v) is 9.13. The Hall–Kier alpha value is -1.80. The topological polar surface area (TPSA) is 91.8 Å². The van der Waals surface area contributed by atoms with Gasteiger partial charge in [0.25, 0.3) is 0 Å². The van der Waals surface area contributed by atoms with Crippen molar-refractivity contribution in [2.24, 2.45) is 5.92 Å². The van der Waals surface area contributed by atoms with E-state index in [0.717, 1.165) is 30.7 Å². The number of hydrogen-bond acceptors (Lipinski definition) is 5. The van der Waals surface area contributed by atoms with Gasteiger partial charge in [-0.05, 0) is 25.2 Å². The standard InChI is InChI=1S/C14H19N5O2S/c1-22(20,21)19-6-2-11(3-7-19)8-12-9-18-13(10-17-12)14-15-4-5-16-14/h4-5,9-11H,2-3,6-8H2,1H3,(H,15,16). The number of nitrogens with zero attached hydrogens (tertiary/aromatic N) is 4. The van der Waals surface area contributed by atoms with Crippen LogP contribution in [0.3, 0.4) is 0 Å². The predicted molar refractivity (Wildman–Crippen MR) is 82.5 cm³/mol.